The average molecular weight is 202 g/mol. The maximum Gasteiger partial charge on any atom is 0.320 e. The molecule has 0 radical (unpaired) electrons. The molecule has 0 aromatic carbocycles. The van der Waals surface area contributed by atoms with E-state index < -0.39 is 17.9 Å². The van der Waals surface area contributed by atoms with Crippen molar-refractivity contribution < 1.29 is 19.5 Å². The Morgan fingerprint density at radius 2 is 2.00 bits per heavy atom. The van der Waals surface area contributed by atoms with Gasteiger partial charge in [0.05, 0.1) is 6.54 Å². The largest absolute Gasteiger partial charge is 0.480 e. The summed E-state index contributed by atoms with van der Waals surface area (Å²) in [6, 6.07) is -0.897. The van der Waals surface area contributed by atoms with Crippen molar-refractivity contribution in [2.24, 2.45) is 5.73 Å². The molecule has 0 unspecified atom stereocenters. The van der Waals surface area contributed by atoms with Crippen molar-refractivity contribution in [1.29, 1.82) is 0 Å². The lowest BCUT2D eigenvalue weighted by Crippen LogP contribution is -2.39. The molecule has 0 saturated heterocycles. The number of ketones is 1. The van der Waals surface area contributed by atoms with Crippen LogP contribution in [0.1, 0.15) is 19.8 Å². The number of aliphatic carboxylic acids is 1. The standard InChI is InChI=1S/C8H14N2O4/c1-5(11)4-10-6(8(13)14)2-3-7(9)12/h6,10H,2-4H2,1H3,(H2,9,12)(H,13,14)/t6-/m0/s1. The average Bonchev–Trinajstić information content (AvgIpc) is 2.02. The van der Waals surface area contributed by atoms with Crippen LogP contribution in [0.2, 0.25) is 0 Å². The Bertz CT molecular complexity index is 221. The van der Waals surface area contributed by atoms with Gasteiger partial charge in [-0.3, -0.25) is 19.7 Å². The molecule has 14 heavy (non-hydrogen) atoms. The van der Waals surface area contributed by atoms with Crippen molar-refractivity contribution in [3.05, 3.63) is 0 Å². The first-order valence-electron chi connectivity index (χ1n) is 4.17. The highest BCUT2D eigenvalue weighted by Gasteiger charge is 2.17. The lowest BCUT2D eigenvalue weighted by molar-refractivity contribution is -0.139. The lowest BCUT2D eigenvalue weighted by atomic mass is 10.1. The maximum absolute atomic E-state index is 10.6. The Morgan fingerprint density at radius 3 is 2.36 bits per heavy atom. The number of nitrogens with one attached hydrogen (secondary N) is 1. The van der Waals surface area contributed by atoms with E-state index in [4.69, 9.17) is 10.8 Å². The van der Waals surface area contributed by atoms with Crippen LogP contribution in [0.4, 0.5) is 0 Å². The lowest BCUT2D eigenvalue weighted by Gasteiger charge is -2.11. The summed E-state index contributed by atoms with van der Waals surface area (Å²) in [6.07, 6.45) is 0.0832. The molecule has 0 aliphatic heterocycles. The smallest absolute Gasteiger partial charge is 0.320 e. The van der Waals surface area contributed by atoms with E-state index in [-0.39, 0.29) is 25.2 Å². The SMILES string of the molecule is CC(=O)CN[C@@H](CCC(N)=O)C(=O)O. The Balaban J connectivity index is 3.96. The molecule has 4 N–H and O–H groups in total. The Labute approximate surface area is 81.5 Å². The molecule has 0 aromatic rings. The molecule has 0 saturated carbocycles. The highest BCUT2D eigenvalue weighted by molar-refractivity contribution is 5.80. The maximum atomic E-state index is 10.6. The summed E-state index contributed by atoms with van der Waals surface area (Å²) in [6.45, 7) is 1.33. The molecule has 0 rings (SSSR count). The Hall–Kier alpha value is -1.43. The first-order valence-corrected chi connectivity index (χ1v) is 4.17. The van der Waals surface area contributed by atoms with E-state index in [1.807, 2.05) is 0 Å². The number of nitrogens with two attached hydrogens (primary N) is 1. The molecule has 6 heteroatoms. The van der Waals surface area contributed by atoms with Crippen molar-refractivity contribution in [2.45, 2.75) is 25.8 Å². The normalized spacial score (nSPS) is 12.1. The van der Waals surface area contributed by atoms with Gasteiger partial charge in [-0.25, -0.2) is 0 Å². The fraction of sp³-hybridized carbons (Fsp3) is 0.625. The number of hydrogen-bond acceptors (Lipinski definition) is 4. The summed E-state index contributed by atoms with van der Waals surface area (Å²) >= 11 is 0. The van der Waals surface area contributed by atoms with E-state index in [9.17, 15) is 14.4 Å². The molecule has 0 bridgehead atoms. The summed E-state index contributed by atoms with van der Waals surface area (Å²) in [5.41, 5.74) is 4.87. The van der Waals surface area contributed by atoms with E-state index in [1.165, 1.54) is 6.92 Å². The topological polar surface area (TPSA) is 109 Å². The van der Waals surface area contributed by atoms with E-state index in [0.717, 1.165) is 0 Å². The van der Waals surface area contributed by atoms with E-state index >= 15 is 0 Å². The van der Waals surface area contributed by atoms with Crippen LogP contribution >= 0.6 is 0 Å². The minimum Gasteiger partial charge on any atom is -0.480 e. The van der Waals surface area contributed by atoms with Crippen molar-refractivity contribution >= 4 is 17.7 Å². The zero-order chi connectivity index (χ0) is 11.1. The Morgan fingerprint density at radius 1 is 1.43 bits per heavy atom. The third-order valence-corrected chi connectivity index (χ3v) is 1.57. The van der Waals surface area contributed by atoms with E-state index in [0.29, 0.717) is 0 Å². The number of hydrogen-bond donors (Lipinski definition) is 3. The molecule has 80 valence electrons. The van der Waals surface area contributed by atoms with Crippen molar-refractivity contribution in [3.63, 3.8) is 0 Å². The van der Waals surface area contributed by atoms with Gasteiger partial charge in [0.25, 0.3) is 0 Å². The van der Waals surface area contributed by atoms with Crippen molar-refractivity contribution in [2.75, 3.05) is 6.54 Å². The molecule has 6 nitrogen and oxygen atoms in total. The second-order valence-corrected chi connectivity index (χ2v) is 2.98. The van der Waals surface area contributed by atoms with Crippen LogP contribution in [0.25, 0.3) is 0 Å². The third kappa shape index (κ3) is 6.13. The predicted molar refractivity (Wildman–Crippen MR) is 48.5 cm³/mol. The van der Waals surface area contributed by atoms with Crippen LogP contribution in [0.15, 0.2) is 0 Å². The van der Waals surface area contributed by atoms with Crippen LogP contribution < -0.4 is 11.1 Å². The first-order chi connectivity index (χ1) is 6.43. The zero-order valence-corrected chi connectivity index (χ0v) is 7.95. The van der Waals surface area contributed by atoms with Gasteiger partial charge < -0.3 is 10.8 Å². The molecular weight excluding hydrogens is 188 g/mol. The second kappa shape index (κ2) is 6.09. The third-order valence-electron chi connectivity index (χ3n) is 1.57. The van der Waals surface area contributed by atoms with Crippen LogP contribution in [0.3, 0.4) is 0 Å². The van der Waals surface area contributed by atoms with Gasteiger partial charge in [-0.1, -0.05) is 0 Å². The van der Waals surface area contributed by atoms with Gasteiger partial charge in [0.1, 0.15) is 11.8 Å². The highest BCUT2D eigenvalue weighted by Crippen LogP contribution is 1.96. The molecule has 1 atom stereocenters. The molecule has 1 amide bonds. The summed E-state index contributed by atoms with van der Waals surface area (Å²) in [5.74, 6) is -1.80. The fourth-order valence-electron chi connectivity index (χ4n) is 0.866. The molecular formula is C8H14N2O4. The summed E-state index contributed by atoms with van der Waals surface area (Å²) in [4.78, 5) is 31.6. The van der Waals surface area contributed by atoms with Gasteiger partial charge in [0.15, 0.2) is 0 Å². The quantitative estimate of drug-likeness (QED) is 0.484. The minimum atomic E-state index is -1.09. The molecule has 0 aliphatic carbocycles. The number of carboxylic acid groups (broad SMARTS) is 1. The minimum absolute atomic E-state index is 0.0120. The van der Waals surface area contributed by atoms with Crippen LogP contribution in [-0.4, -0.2) is 35.4 Å². The Kier molecular flexibility index (Phi) is 5.47. The molecule has 0 fully saturated rings. The number of rotatable bonds is 7. The zero-order valence-electron chi connectivity index (χ0n) is 7.95. The molecule has 0 spiro atoms. The van der Waals surface area contributed by atoms with Crippen LogP contribution in [0, 0.1) is 0 Å². The van der Waals surface area contributed by atoms with Crippen molar-refractivity contribution in [3.8, 4) is 0 Å². The number of carboxylic acids is 1. The number of amides is 1. The first kappa shape index (κ1) is 12.6. The molecule has 0 aromatic heterocycles. The van der Waals surface area contributed by atoms with Gasteiger partial charge in [-0.2, -0.15) is 0 Å². The van der Waals surface area contributed by atoms with Gasteiger partial charge in [0.2, 0.25) is 5.91 Å². The number of Topliss-reactive ketones (excluding diaryl/α,β-unsaturated/α-hetero) is 1. The van der Waals surface area contributed by atoms with E-state index in [2.05, 4.69) is 5.32 Å². The van der Waals surface area contributed by atoms with E-state index in [1.54, 1.807) is 0 Å². The monoisotopic (exact) mass is 202 g/mol. The molecule has 0 heterocycles. The predicted octanol–water partition coefficient (Wildman–Crippen LogP) is -1.12. The highest BCUT2D eigenvalue weighted by atomic mass is 16.4. The summed E-state index contributed by atoms with van der Waals surface area (Å²) < 4.78 is 0. The number of primary amides is 1. The summed E-state index contributed by atoms with van der Waals surface area (Å²) in [5, 5.41) is 11.2. The van der Waals surface area contributed by atoms with Gasteiger partial charge in [-0.05, 0) is 13.3 Å². The van der Waals surface area contributed by atoms with Gasteiger partial charge >= 0.3 is 5.97 Å². The van der Waals surface area contributed by atoms with Crippen LogP contribution in [0.5, 0.6) is 0 Å². The second-order valence-electron chi connectivity index (χ2n) is 2.98. The fourth-order valence-corrected chi connectivity index (χ4v) is 0.866. The number of carbonyl (C=O) groups is 3. The van der Waals surface area contributed by atoms with Crippen LogP contribution in [-0.2, 0) is 14.4 Å². The van der Waals surface area contributed by atoms with Gasteiger partial charge in [0, 0.05) is 6.42 Å². The molecule has 0 aliphatic rings. The van der Waals surface area contributed by atoms with Crippen molar-refractivity contribution in [1.82, 2.24) is 5.32 Å². The summed E-state index contributed by atoms with van der Waals surface area (Å²) in [7, 11) is 0. The number of carbonyl (C=O) groups excluding carboxylic acids is 2. The van der Waals surface area contributed by atoms with Gasteiger partial charge in [-0.15, -0.1) is 0 Å².